The molecule has 0 saturated carbocycles. The van der Waals surface area contributed by atoms with Crippen LogP contribution < -0.4 is 10.6 Å². The number of aliphatic hydroxyl groups is 2. The zero-order valence-electron chi connectivity index (χ0n) is 14.1. The summed E-state index contributed by atoms with van der Waals surface area (Å²) in [6.45, 7) is 0.767. The van der Waals surface area contributed by atoms with Crippen molar-refractivity contribution >= 4 is 11.8 Å². The van der Waals surface area contributed by atoms with Crippen LogP contribution in [0, 0.1) is 0 Å². The van der Waals surface area contributed by atoms with Gasteiger partial charge in [-0.3, -0.25) is 0 Å². The number of nitrogens with zero attached hydrogens (tertiary/aromatic N) is 4. The summed E-state index contributed by atoms with van der Waals surface area (Å²) >= 11 is 0. The number of imidazole rings is 1. The van der Waals surface area contributed by atoms with Gasteiger partial charge in [-0.25, -0.2) is 14.4 Å². The van der Waals surface area contributed by atoms with Crippen molar-refractivity contribution in [3.63, 3.8) is 0 Å². The Morgan fingerprint density at radius 3 is 2.72 bits per heavy atom. The van der Waals surface area contributed by atoms with E-state index < -0.39 is 30.7 Å². The number of alkyl halides is 1. The molecule has 0 aromatic carbocycles. The minimum Gasteiger partial charge on any atom is -0.394 e. The van der Waals surface area contributed by atoms with Gasteiger partial charge in [0.1, 0.15) is 18.0 Å². The molecule has 3 rings (SSSR count). The normalized spacial score (nSPS) is 29.0. The van der Waals surface area contributed by atoms with E-state index in [0.29, 0.717) is 23.0 Å². The third kappa shape index (κ3) is 2.92. The lowest BCUT2D eigenvalue weighted by Gasteiger charge is -2.24. The Balaban J connectivity index is 1.93. The first-order chi connectivity index (χ1) is 11.9. The lowest BCUT2D eigenvalue weighted by molar-refractivity contribution is -0.0586. The number of aliphatic hydroxyl groups excluding tert-OH is 2. The van der Waals surface area contributed by atoms with Crippen LogP contribution >= 0.6 is 0 Å². The van der Waals surface area contributed by atoms with Gasteiger partial charge in [0.2, 0.25) is 5.95 Å². The van der Waals surface area contributed by atoms with Crippen LogP contribution in [0.4, 0.5) is 16.2 Å². The third-order valence-electron chi connectivity index (χ3n) is 4.29. The van der Waals surface area contributed by atoms with Crippen molar-refractivity contribution in [3.8, 4) is 11.3 Å². The molecule has 0 spiro atoms. The van der Waals surface area contributed by atoms with Gasteiger partial charge in [0, 0.05) is 26.5 Å². The smallest absolute Gasteiger partial charge is 0.224 e. The van der Waals surface area contributed by atoms with Crippen molar-refractivity contribution in [2.45, 2.75) is 31.0 Å². The van der Waals surface area contributed by atoms with Crippen LogP contribution in [0.1, 0.15) is 13.2 Å². The Morgan fingerprint density at radius 2 is 2.12 bits per heavy atom. The van der Waals surface area contributed by atoms with Gasteiger partial charge in [0.25, 0.3) is 0 Å². The van der Waals surface area contributed by atoms with E-state index >= 15 is 0 Å². The van der Waals surface area contributed by atoms with Gasteiger partial charge in [-0.2, -0.15) is 4.98 Å². The second-order valence-electron chi connectivity index (χ2n) is 5.97. The van der Waals surface area contributed by atoms with Crippen molar-refractivity contribution in [1.29, 1.82) is 0 Å². The maximum atomic E-state index is 14.9. The van der Waals surface area contributed by atoms with E-state index in [0.717, 1.165) is 0 Å². The number of hydrogen-bond donors (Lipinski definition) is 4. The Morgan fingerprint density at radius 1 is 1.36 bits per heavy atom. The van der Waals surface area contributed by atoms with Gasteiger partial charge < -0.3 is 30.2 Å². The summed E-state index contributed by atoms with van der Waals surface area (Å²) in [5, 5.41) is 25.0. The van der Waals surface area contributed by atoms with Crippen LogP contribution in [0.15, 0.2) is 18.7 Å². The number of anilines is 2. The first-order valence-corrected chi connectivity index (χ1v) is 7.82. The average Bonchev–Trinajstić information content (AvgIpc) is 3.18. The summed E-state index contributed by atoms with van der Waals surface area (Å²) in [5.74, 6) is 1.02. The Bertz CT molecular complexity index is 753. The van der Waals surface area contributed by atoms with Crippen LogP contribution in [-0.4, -0.2) is 68.3 Å². The fourth-order valence-corrected chi connectivity index (χ4v) is 2.87. The van der Waals surface area contributed by atoms with E-state index in [1.165, 1.54) is 17.8 Å². The SMILES string of the molecule is CNc1ncc(-c2cn([C@@H]3O[C@H](CO)[C@@H](O)[C@@]3(C)F)cn2)c(NC)n1. The lowest BCUT2D eigenvalue weighted by atomic mass is 9.99. The molecule has 3 heterocycles. The molecule has 9 nitrogen and oxygen atoms in total. The lowest BCUT2D eigenvalue weighted by Crippen LogP contribution is -2.40. The molecule has 1 aliphatic rings. The van der Waals surface area contributed by atoms with Crippen molar-refractivity contribution in [1.82, 2.24) is 19.5 Å². The molecule has 0 amide bonds. The van der Waals surface area contributed by atoms with Crippen LogP contribution in [0.3, 0.4) is 0 Å². The maximum Gasteiger partial charge on any atom is 0.224 e. The largest absolute Gasteiger partial charge is 0.394 e. The first-order valence-electron chi connectivity index (χ1n) is 7.82. The standard InChI is InChI=1S/C15H21FN6O3/c1-15(16)11(24)10(6-23)25-13(15)22-5-9(20-7-22)8-4-19-14(18-3)21-12(8)17-2/h4-5,7,10-11,13,23-24H,6H2,1-3H3,(H2,17,18,19,21)/t10-,11-,13-,15-/m1/s1. The fourth-order valence-electron chi connectivity index (χ4n) is 2.87. The number of ether oxygens (including phenoxy) is 1. The van der Waals surface area contributed by atoms with Gasteiger partial charge in [-0.15, -0.1) is 0 Å². The van der Waals surface area contributed by atoms with Crippen molar-refractivity contribution < 1.29 is 19.3 Å². The highest BCUT2D eigenvalue weighted by atomic mass is 19.1. The molecule has 0 bridgehead atoms. The number of halogens is 1. The molecule has 1 aliphatic heterocycles. The molecule has 136 valence electrons. The summed E-state index contributed by atoms with van der Waals surface area (Å²) in [4.78, 5) is 12.7. The quantitative estimate of drug-likeness (QED) is 0.611. The number of aromatic nitrogens is 4. The van der Waals surface area contributed by atoms with E-state index in [1.54, 1.807) is 26.5 Å². The number of rotatable bonds is 5. The maximum absolute atomic E-state index is 14.9. The summed E-state index contributed by atoms with van der Waals surface area (Å²) in [6.07, 6.45) is 1.09. The minimum atomic E-state index is -2.07. The molecule has 1 saturated heterocycles. The second kappa shape index (κ2) is 6.54. The Kier molecular flexibility index (Phi) is 4.58. The molecule has 2 aromatic heterocycles. The van der Waals surface area contributed by atoms with Crippen LogP contribution in [0.2, 0.25) is 0 Å². The highest BCUT2D eigenvalue weighted by molar-refractivity contribution is 5.72. The van der Waals surface area contributed by atoms with Gasteiger partial charge in [0.05, 0.1) is 24.2 Å². The van der Waals surface area contributed by atoms with E-state index in [9.17, 15) is 14.6 Å². The molecule has 0 unspecified atom stereocenters. The molecular formula is C15H21FN6O3. The Labute approximate surface area is 143 Å². The molecule has 4 atom stereocenters. The van der Waals surface area contributed by atoms with Crippen LogP contribution in [0.25, 0.3) is 11.3 Å². The zero-order chi connectivity index (χ0) is 18.2. The highest BCUT2D eigenvalue weighted by Crippen LogP contribution is 2.41. The molecule has 10 heteroatoms. The molecule has 1 fully saturated rings. The highest BCUT2D eigenvalue weighted by Gasteiger charge is 2.54. The summed E-state index contributed by atoms with van der Waals surface area (Å²) < 4.78 is 21.8. The van der Waals surface area contributed by atoms with Crippen LogP contribution in [-0.2, 0) is 4.74 Å². The van der Waals surface area contributed by atoms with Crippen molar-refractivity contribution in [2.75, 3.05) is 31.3 Å². The van der Waals surface area contributed by atoms with Gasteiger partial charge >= 0.3 is 0 Å². The van der Waals surface area contributed by atoms with E-state index in [2.05, 4.69) is 25.6 Å². The molecule has 0 aliphatic carbocycles. The van der Waals surface area contributed by atoms with Gasteiger partial charge in [-0.05, 0) is 6.92 Å². The summed E-state index contributed by atoms with van der Waals surface area (Å²) in [6, 6.07) is 0. The van der Waals surface area contributed by atoms with Gasteiger partial charge in [0.15, 0.2) is 11.9 Å². The first kappa shape index (κ1) is 17.5. The minimum absolute atomic E-state index is 0.455. The topological polar surface area (TPSA) is 117 Å². The van der Waals surface area contributed by atoms with Crippen molar-refractivity contribution in [2.24, 2.45) is 0 Å². The molecular weight excluding hydrogens is 331 g/mol. The summed E-state index contributed by atoms with van der Waals surface area (Å²) in [5.41, 5.74) is -0.907. The summed E-state index contributed by atoms with van der Waals surface area (Å²) in [7, 11) is 3.44. The molecule has 25 heavy (non-hydrogen) atoms. The Hall–Kier alpha value is -2.30. The van der Waals surface area contributed by atoms with E-state index in [1.807, 2.05) is 0 Å². The van der Waals surface area contributed by atoms with E-state index in [4.69, 9.17) is 4.74 Å². The number of nitrogens with one attached hydrogen (secondary N) is 2. The van der Waals surface area contributed by atoms with Crippen molar-refractivity contribution in [3.05, 3.63) is 18.7 Å². The van der Waals surface area contributed by atoms with E-state index in [-0.39, 0.29) is 0 Å². The number of hydrogen-bond acceptors (Lipinski definition) is 8. The second-order valence-corrected chi connectivity index (χ2v) is 5.97. The average molecular weight is 352 g/mol. The van der Waals surface area contributed by atoms with Crippen LogP contribution in [0.5, 0.6) is 0 Å². The zero-order valence-corrected chi connectivity index (χ0v) is 14.1. The monoisotopic (exact) mass is 352 g/mol. The predicted octanol–water partition coefficient (Wildman–Crippen LogP) is 0.402. The molecule has 0 radical (unpaired) electrons. The third-order valence-corrected chi connectivity index (χ3v) is 4.29. The predicted molar refractivity (Wildman–Crippen MR) is 88.9 cm³/mol. The molecule has 2 aromatic rings. The fraction of sp³-hybridized carbons (Fsp3) is 0.533. The molecule has 4 N–H and O–H groups in total. The van der Waals surface area contributed by atoms with Gasteiger partial charge in [-0.1, -0.05) is 0 Å².